The molecule has 1 amide bonds. The molecule has 2 N–H and O–H groups in total. The summed E-state index contributed by atoms with van der Waals surface area (Å²) in [6.45, 7) is 2.23. The van der Waals surface area contributed by atoms with E-state index >= 15 is 0 Å². The van der Waals surface area contributed by atoms with Crippen LogP contribution in [0.2, 0.25) is 0 Å². The third-order valence-corrected chi connectivity index (χ3v) is 6.03. The number of fused-ring (bicyclic) bond motifs is 1. The number of benzene rings is 1. The van der Waals surface area contributed by atoms with Crippen LogP contribution in [-0.2, 0) is 12.8 Å². The van der Waals surface area contributed by atoms with Gasteiger partial charge in [0.15, 0.2) is 5.11 Å². The van der Waals surface area contributed by atoms with Gasteiger partial charge < -0.3 is 5.32 Å². The molecule has 0 spiro atoms. The van der Waals surface area contributed by atoms with Gasteiger partial charge in [0, 0.05) is 14.9 Å². The molecule has 0 fully saturated rings. The van der Waals surface area contributed by atoms with Gasteiger partial charge in [0.2, 0.25) is 0 Å². The summed E-state index contributed by atoms with van der Waals surface area (Å²) in [5.41, 5.74) is 2.30. The number of amides is 1. The monoisotopic (exact) mass is 433 g/mol. The molecule has 7 heteroatoms. The molecule has 1 aliphatic carbocycles. The molecule has 0 saturated heterocycles. The summed E-state index contributed by atoms with van der Waals surface area (Å²) >= 11 is 10.2. The minimum absolute atomic E-state index is 0.202. The lowest BCUT2D eigenvalue weighted by molar-refractivity contribution is 0.0977. The Morgan fingerprint density at radius 1 is 1.48 bits per heavy atom. The van der Waals surface area contributed by atoms with Crippen LogP contribution in [0, 0.1) is 17.2 Å². The molecule has 4 nitrogen and oxygen atoms in total. The van der Waals surface area contributed by atoms with E-state index in [1.807, 2.05) is 6.07 Å². The Morgan fingerprint density at radius 3 is 3.00 bits per heavy atom. The largest absolute Gasteiger partial charge is 0.323 e. The molecule has 2 aromatic rings. The van der Waals surface area contributed by atoms with Crippen molar-refractivity contribution in [3.05, 3.63) is 50.3 Å². The van der Waals surface area contributed by atoms with E-state index in [0.717, 1.165) is 34.3 Å². The van der Waals surface area contributed by atoms with E-state index in [9.17, 15) is 10.1 Å². The predicted octanol–water partition coefficient (Wildman–Crippen LogP) is 4.63. The number of nitrogens with zero attached hydrogens (tertiary/aromatic N) is 1. The highest BCUT2D eigenvalue weighted by Gasteiger charge is 2.24. The SMILES string of the molecule is CC1CCc2c(sc(NC(=S)NC(=O)c3cccc(Br)c3)c2C#N)C1. The van der Waals surface area contributed by atoms with Gasteiger partial charge >= 0.3 is 0 Å². The second-order valence-corrected chi connectivity index (χ2v) is 8.52. The van der Waals surface area contributed by atoms with Gasteiger partial charge in [-0.2, -0.15) is 5.26 Å². The zero-order valence-corrected chi connectivity index (χ0v) is 16.8. The van der Waals surface area contributed by atoms with Gasteiger partial charge in [0.25, 0.3) is 5.91 Å². The number of rotatable bonds is 2. The summed E-state index contributed by atoms with van der Waals surface area (Å²) in [4.78, 5) is 13.5. The molecule has 0 bridgehead atoms. The van der Waals surface area contributed by atoms with E-state index in [0.29, 0.717) is 17.0 Å². The third-order valence-electron chi connectivity index (χ3n) is 4.16. The molecule has 1 heterocycles. The molecule has 3 rings (SSSR count). The van der Waals surface area contributed by atoms with Gasteiger partial charge in [-0.05, 0) is 61.2 Å². The first kappa shape index (κ1) is 18.1. The number of nitriles is 1. The van der Waals surface area contributed by atoms with Crippen molar-refractivity contribution in [2.24, 2.45) is 5.92 Å². The Morgan fingerprint density at radius 2 is 2.28 bits per heavy atom. The van der Waals surface area contributed by atoms with Crippen LogP contribution in [0.1, 0.15) is 39.7 Å². The van der Waals surface area contributed by atoms with Gasteiger partial charge in [0.1, 0.15) is 11.1 Å². The topological polar surface area (TPSA) is 64.9 Å². The van der Waals surface area contributed by atoms with Crippen molar-refractivity contribution >= 4 is 55.5 Å². The Hall–Kier alpha value is -1.75. The minimum Gasteiger partial charge on any atom is -0.323 e. The maximum absolute atomic E-state index is 12.3. The van der Waals surface area contributed by atoms with Crippen LogP contribution in [0.25, 0.3) is 0 Å². The van der Waals surface area contributed by atoms with E-state index in [1.165, 1.54) is 4.88 Å². The minimum atomic E-state index is -0.285. The zero-order valence-electron chi connectivity index (χ0n) is 13.6. The van der Waals surface area contributed by atoms with Gasteiger partial charge in [-0.1, -0.05) is 28.9 Å². The smallest absolute Gasteiger partial charge is 0.257 e. The van der Waals surface area contributed by atoms with E-state index in [2.05, 4.69) is 39.6 Å². The number of hydrogen-bond donors (Lipinski definition) is 2. The first-order valence-electron chi connectivity index (χ1n) is 7.90. The van der Waals surface area contributed by atoms with Gasteiger partial charge in [-0.3, -0.25) is 10.1 Å². The summed E-state index contributed by atoms with van der Waals surface area (Å²) in [5.74, 6) is 0.348. The molecule has 0 saturated carbocycles. The van der Waals surface area contributed by atoms with Gasteiger partial charge in [-0.25, -0.2) is 0 Å². The van der Waals surface area contributed by atoms with Gasteiger partial charge in [-0.15, -0.1) is 11.3 Å². The summed E-state index contributed by atoms with van der Waals surface area (Å²) in [5, 5.41) is 16.1. The number of thiocarbonyl (C=S) groups is 1. The lowest BCUT2D eigenvalue weighted by atomic mass is 9.89. The molecule has 25 heavy (non-hydrogen) atoms. The summed E-state index contributed by atoms with van der Waals surface area (Å²) in [6, 6.07) is 9.37. The molecular formula is C18H16BrN3OS2. The number of carbonyl (C=O) groups excluding carboxylic acids is 1. The second-order valence-electron chi connectivity index (χ2n) is 6.09. The Bertz CT molecular complexity index is 885. The number of hydrogen-bond acceptors (Lipinski definition) is 4. The summed E-state index contributed by atoms with van der Waals surface area (Å²) < 4.78 is 0.825. The van der Waals surface area contributed by atoms with E-state index < -0.39 is 0 Å². The van der Waals surface area contributed by atoms with Crippen molar-refractivity contribution in [2.45, 2.75) is 26.2 Å². The van der Waals surface area contributed by atoms with Crippen LogP contribution in [-0.4, -0.2) is 11.0 Å². The van der Waals surface area contributed by atoms with Crippen LogP contribution >= 0.6 is 39.5 Å². The highest BCUT2D eigenvalue weighted by atomic mass is 79.9. The summed E-state index contributed by atoms with van der Waals surface area (Å²) in [7, 11) is 0. The Balaban J connectivity index is 1.73. The van der Waals surface area contributed by atoms with Crippen molar-refractivity contribution in [2.75, 3.05) is 5.32 Å². The van der Waals surface area contributed by atoms with Crippen molar-refractivity contribution in [1.29, 1.82) is 5.26 Å². The Labute approximate surface area is 164 Å². The molecule has 0 radical (unpaired) electrons. The maximum Gasteiger partial charge on any atom is 0.257 e. The molecule has 0 aliphatic heterocycles. The van der Waals surface area contributed by atoms with Crippen molar-refractivity contribution in [1.82, 2.24) is 5.32 Å². The first-order chi connectivity index (χ1) is 12.0. The van der Waals surface area contributed by atoms with Crippen LogP contribution in [0.15, 0.2) is 28.7 Å². The molecular weight excluding hydrogens is 418 g/mol. The molecule has 128 valence electrons. The highest BCUT2D eigenvalue weighted by Crippen LogP contribution is 2.39. The molecule has 1 atom stereocenters. The van der Waals surface area contributed by atoms with Crippen LogP contribution in [0.3, 0.4) is 0 Å². The molecule has 1 aromatic heterocycles. The number of thiophene rings is 1. The highest BCUT2D eigenvalue weighted by molar-refractivity contribution is 9.10. The van der Waals surface area contributed by atoms with Crippen molar-refractivity contribution < 1.29 is 4.79 Å². The number of halogens is 1. The van der Waals surface area contributed by atoms with Gasteiger partial charge in [0.05, 0.1) is 5.56 Å². The van der Waals surface area contributed by atoms with E-state index in [1.54, 1.807) is 29.5 Å². The molecule has 1 unspecified atom stereocenters. The Kier molecular flexibility index (Phi) is 5.52. The van der Waals surface area contributed by atoms with Crippen molar-refractivity contribution in [3.63, 3.8) is 0 Å². The van der Waals surface area contributed by atoms with Crippen LogP contribution < -0.4 is 10.6 Å². The first-order valence-corrected chi connectivity index (χ1v) is 9.92. The number of nitrogens with one attached hydrogen (secondary N) is 2. The predicted molar refractivity (Wildman–Crippen MR) is 108 cm³/mol. The fourth-order valence-corrected chi connectivity index (χ4v) is 4.92. The number of anilines is 1. The van der Waals surface area contributed by atoms with Crippen molar-refractivity contribution in [3.8, 4) is 6.07 Å². The van der Waals surface area contributed by atoms with Crippen LogP contribution in [0.4, 0.5) is 5.00 Å². The van der Waals surface area contributed by atoms with E-state index in [4.69, 9.17) is 12.2 Å². The van der Waals surface area contributed by atoms with E-state index in [-0.39, 0.29) is 11.0 Å². The van der Waals surface area contributed by atoms with Crippen LogP contribution in [0.5, 0.6) is 0 Å². The lowest BCUT2D eigenvalue weighted by Crippen LogP contribution is -2.34. The fraction of sp³-hybridized carbons (Fsp3) is 0.278. The lowest BCUT2D eigenvalue weighted by Gasteiger charge is -2.17. The summed E-state index contributed by atoms with van der Waals surface area (Å²) in [6.07, 6.45) is 3.02. The molecule has 1 aliphatic rings. The second kappa shape index (κ2) is 7.65. The zero-order chi connectivity index (χ0) is 18.0. The maximum atomic E-state index is 12.3. The quantitative estimate of drug-likeness (QED) is 0.677. The average molecular weight is 434 g/mol. The number of carbonyl (C=O) groups is 1. The standard InChI is InChI=1S/C18H16BrN3OS2/c1-10-5-6-13-14(9-20)17(25-15(13)7-10)22-18(24)21-16(23)11-3-2-4-12(19)8-11/h2-4,8,10H,5-7H2,1H3,(H2,21,22,23,24). The normalized spacial score (nSPS) is 15.8. The third kappa shape index (κ3) is 4.09. The average Bonchev–Trinajstić information content (AvgIpc) is 2.90. The fourth-order valence-electron chi connectivity index (χ4n) is 2.90. The molecule has 1 aromatic carbocycles.